The van der Waals surface area contributed by atoms with Crippen LogP contribution < -0.4 is 4.90 Å². The van der Waals surface area contributed by atoms with Crippen molar-refractivity contribution in [2.45, 2.75) is 57.9 Å². The van der Waals surface area contributed by atoms with E-state index in [1.807, 2.05) is 6.07 Å². The lowest BCUT2D eigenvalue weighted by atomic mass is 9.94. The molecule has 1 unspecified atom stereocenters. The Labute approximate surface area is 119 Å². The molecule has 0 aromatic carbocycles. The van der Waals surface area contributed by atoms with E-state index < -0.39 is 5.97 Å². The zero-order chi connectivity index (χ0) is 14.1. The highest BCUT2D eigenvalue weighted by Gasteiger charge is 2.26. The zero-order valence-electron chi connectivity index (χ0n) is 12.1. The molecule has 2 heterocycles. The van der Waals surface area contributed by atoms with E-state index in [2.05, 4.69) is 11.8 Å². The van der Waals surface area contributed by atoms with E-state index in [4.69, 9.17) is 4.98 Å². The van der Waals surface area contributed by atoms with Crippen LogP contribution in [0.2, 0.25) is 0 Å². The van der Waals surface area contributed by atoms with Gasteiger partial charge < -0.3 is 10.0 Å². The average molecular weight is 274 g/mol. The molecule has 1 aliphatic heterocycles. The molecule has 3 rings (SSSR count). The van der Waals surface area contributed by atoms with Gasteiger partial charge in [0.15, 0.2) is 0 Å². The fourth-order valence-corrected chi connectivity index (χ4v) is 3.41. The number of anilines is 1. The van der Waals surface area contributed by atoms with Crippen LogP contribution in [0.25, 0.3) is 0 Å². The first kappa shape index (κ1) is 13.4. The second kappa shape index (κ2) is 5.43. The lowest BCUT2D eigenvalue weighted by molar-refractivity contribution is 0.0696. The van der Waals surface area contributed by atoms with Gasteiger partial charge in [-0.05, 0) is 63.5 Å². The molecule has 1 atom stereocenters. The number of aromatic carboxylic acids is 1. The highest BCUT2D eigenvalue weighted by Crippen LogP contribution is 2.30. The van der Waals surface area contributed by atoms with E-state index >= 15 is 0 Å². The van der Waals surface area contributed by atoms with Crippen LogP contribution in [0.5, 0.6) is 0 Å². The summed E-state index contributed by atoms with van der Waals surface area (Å²) in [6, 6.07) is 2.26. The Morgan fingerprint density at radius 2 is 2.10 bits per heavy atom. The maximum atomic E-state index is 11.6. The summed E-state index contributed by atoms with van der Waals surface area (Å²) >= 11 is 0. The van der Waals surface area contributed by atoms with Gasteiger partial charge in [-0.15, -0.1) is 0 Å². The highest BCUT2D eigenvalue weighted by molar-refractivity contribution is 5.93. The van der Waals surface area contributed by atoms with Gasteiger partial charge in [-0.1, -0.05) is 0 Å². The second-order valence-corrected chi connectivity index (χ2v) is 6.02. The first-order valence-corrected chi connectivity index (χ1v) is 7.69. The van der Waals surface area contributed by atoms with Gasteiger partial charge in [-0.25, -0.2) is 9.78 Å². The first-order valence-electron chi connectivity index (χ1n) is 7.69. The van der Waals surface area contributed by atoms with Crippen molar-refractivity contribution in [1.29, 1.82) is 0 Å². The number of fused-ring (bicyclic) bond motifs is 1. The van der Waals surface area contributed by atoms with Gasteiger partial charge in [-0.3, -0.25) is 0 Å². The molecule has 4 nitrogen and oxygen atoms in total. The van der Waals surface area contributed by atoms with E-state index in [0.29, 0.717) is 17.4 Å². The molecule has 1 aromatic heterocycles. The maximum Gasteiger partial charge on any atom is 0.339 e. The van der Waals surface area contributed by atoms with Crippen LogP contribution in [0, 0.1) is 0 Å². The molecule has 0 saturated carbocycles. The summed E-state index contributed by atoms with van der Waals surface area (Å²) in [5.74, 6) is -0.149. The standard InChI is InChI=1S/C16H22N2O2/c1-11-6-4-5-9-18(11)15-13(16(19)20)10-12-7-2-3-8-14(12)17-15/h10-11H,2-9H2,1H3,(H,19,20). The number of carboxylic acid groups (broad SMARTS) is 1. The van der Waals surface area contributed by atoms with Crippen molar-refractivity contribution in [3.8, 4) is 0 Å². The van der Waals surface area contributed by atoms with Gasteiger partial charge in [0.05, 0.1) is 0 Å². The molecule has 1 aromatic rings. The monoisotopic (exact) mass is 274 g/mol. The lowest BCUT2D eigenvalue weighted by Gasteiger charge is -2.36. The number of hydrogen-bond acceptors (Lipinski definition) is 3. The van der Waals surface area contributed by atoms with E-state index in [0.717, 1.165) is 49.9 Å². The number of pyridine rings is 1. The van der Waals surface area contributed by atoms with Crippen LogP contribution in [0.4, 0.5) is 5.82 Å². The summed E-state index contributed by atoms with van der Waals surface area (Å²) in [5, 5.41) is 9.52. The van der Waals surface area contributed by atoms with Crippen molar-refractivity contribution < 1.29 is 9.90 Å². The number of aryl methyl sites for hydroxylation is 2. The lowest BCUT2D eigenvalue weighted by Crippen LogP contribution is -2.39. The highest BCUT2D eigenvalue weighted by atomic mass is 16.4. The molecular weight excluding hydrogens is 252 g/mol. The number of rotatable bonds is 2. The summed E-state index contributed by atoms with van der Waals surface area (Å²) in [5.41, 5.74) is 2.65. The summed E-state index contributed by atoms with van der Waals surface area (Å²) in [4.78, 5) is 18.5. The maximum absolute atomic E-state index is 11.6. The summed E-state index contributed by atoms with van der Waals surface area (Å²) < 4.78 is 0. The number of hydrogen-bond donors (Lipinski definition) is 1. The number of piperidine rings is 1. The van der Waals surface area contributed by atoms with Crippen LogP contribution >= 0.6 is 0 Å². The van der Waals surface area contributed by atoms with Gasteiger partial charge in [-0.2, -0.15) is 0 Å². The molecule has 0 amide bonds. The van der Waals surface area contributed by atoms with Crippen molar-refractivity contribution >= 4 is 11.8 Å². The molecule has 108 valence electrons. The Balaban J connectivity index is 2.05. The van der Waals surface area contributed by atoms with Gasteiger partial charge in [0.25, 0.3) is 0 Å². The molecule has 0 radical (unpaired) electrons. The molecule has 1 fully saturated rings. The quantitative estimate of drug-likeness (QED) is 0.900. The molecule has 4 heteroatoms. The smallest absolute Gasteiger partial charge is 0.339 e. The minimum atomic E-state index is -0.848. The van der Waals surface area contributed by atoms with Gasteiger partial charge in [0, 0.05) is 18.3 Å². The van der Waals surface area contributed by atoms with Crippen LogP contribution in [0.15, 0.2) is 6.07 Å². The minimum absolute atomic E-state index is 0.385. The number of aromatic nitrogens is 1. The fourth-order valence-electron chi connectivity index (χ4n) is 3.41. The van der Waals surface area contributed by atoms with Crippen LogP contribution in [0.3, 0.4) is 0 Å². The number of nitrogens with zero attached hydrogens (tertiary/aromatic N) is 2. The van der Waals surface area contributed by atoms with E-state index in [1.165, 1.54) is 12.8 Å². The van der Waals surface area contributed by atoms with Crippen molar-refractivity contribution in [1.82, 2.24) is 4.98 Å². The minimum Gasteiger partial charge on any atom is -0.478 e. The average Bonchev–Trinajstić information content (AvgIpc) is 2.46. The molecule has 1 N–H and O–H groups in total. The molecule has 1 aliphatic carbocycles. The van der Waals surface area contributed by atoms with E-state index in [9.17, 15) is 9.90 Å². The van der Waals surface area contributed by atoms with E-state index in [1.54, 1.807) is 0 Å². The van der Waals surface area contributed by atoms with Crippen LogP contribution in [-0.2, 0) is 12.8 Å². The van der Waals surface area contributed by atoms with Crippen molar-refractivity contribution in [2.24, 2.45) is 0 Å². The Hall–Kier alpha value is -1.58. The molecule has 2 aliphatic rings. The first-order chi connectivity index (χ1) is 9.66. The molecule has 20 heavy (non-hydrogen) atoms. The Morgan fingerprint density at radius 1 is 1.30 bits per heavy atom. The molecule has 0 spiro atoms. The Kier molecular flexibility index (Phi) is 3.64. The normalized spacial score (nSPS) is 22.4. The van der Waals surface area contributed by atoms with Crippen molar-refractivity contribution in [3.63, 3.8) is 0 Å². The van der Waals surface area contributed by atoms with Crippen molar-refractivity contribution in [2.75, 3.05) is 11.4 Å². The predicted molar refractivity (Wildman–Crippen MR) is 78.5 cm³/mol. The molecule has 0 bridgehead atoms. The largest absolute Gasteiger partial charge is 0.478 e. The zero-order valence-corrected chi connectivity index (χ0v) is 12.1. The summed E-state index contributed by atoms with van der Waals surface area (Å²) in [6.07, 6.45) is 7.75. The third-order valence-electron chi connectivity index (χ3n) is 4.59. The van der Waals surface area contributed by atoms with E-state index in [-0.39, 0.29) is 0 Å². The number of carbonyl (C=O) groups is 1. The fraction of sp³-hybridized carbons (Fsp3) is 0.625. The Morgan fingerprint density at radius 3 is 2.85 bits per heavy atom. The predicted octanol–water partition coefficient (Wildman–Crippen LogP) is 3.04. The summed E-state index contributed by atoms with van der Waals surface area (Å²) in [7, 11) is 0. The summed E-state index contributed by atoms with van der Waals surface area (Å²) in [6.45, 7) is 3.10. The molecular formula is C16H22N2O2. The van der Waals surface area contributed by atoms with Crippen molar-refractivity contribution in [3.05, 3.63) is 22.9 Å². The molecule has 1 saturated heterocycles. The third kappa shape index (κ3) is 2.39. The van der Waals surface area contributed by atoms with Gasteiger partial charge in [0.2, 0.25) is 0 Å². The SMILES string of the molecule is CC1CCCCN1c1nc2c(cc1C(=O)O)CCCC2. The topological polar surface area (TPSA) is 53.4 Å². The third-order valence-corrected chi connectivity index (χ3v) is 4.59. The van der Waals surface area contributed by atoms with Crippen LogP contribution in [-0.4, -0.2) is 28.6 Å². The second-order valence-electron chi connectivity index (χ2n) is 6.02. The van der Waals surface area contributed by atoms with Gasteiger partial charge in [0.1, 0.15) is 11.4 Å². The van der Waals surface area contributed by atoms with Gasteiger partial charge >= 0.3 is 5.97 Å². The number of carboxylic acids is 1. The van der Waals surface area contributed by atoms with Crippen LogP contribution in [0.1, 0.15) is 60.6 Å². The Bertz CT molecular complexity index is 527.